The number of rotatable bonds is 1. The van der Waals surface area contributed by atoms with Gasteiger partial charge >= 0.3 is 0 Å². The van der Waals surface area contributed by atoms with E-state index in [4.69, 9.17) is 5.73 Å². The van der Waals surface area contributed by atoms with E-state index in [0.29, 0.717) is 17.4 Å². The topological polar surface area (TPSA) is 46.3 Å². The van der Waals surface area contributed by atoms with Crippen molar-refractivity contribution in [2.24, 2.45) is 17.1 Å². The number of carbonyl (C=O) groups excluding carboxylic acids is 1. The number of carbonyl (C=O) groups is 1. The first-order valence-corrected chi connectivity index (χ1v) is 8.23. The van der Waals surface area contributed by atoms with Crippen molar-refractivity contribution in [1.82, 2.24) is 4.90 Å². The zero-order valence-electron chi connectivity index (χ0n) is 12.1. The predicted molar refractivity (Wildman–Crippen MR) is 76.6 cm³/mol. The lowest BCUT2D eigenvalue weighted by atomic mass is 9.76. The van der Waals surface area contributed by atoms with Crippen LogP contribution >= 0.6 is 0 Å². The van der Waals surface area contributed by atoms with Crippen molar-refractivity contribution in [3.63, 3.8) is 0 Å². The first-order chi connectivity index (χ1) is 9.19. The van der Waals surface area contributed by atoms with Gasteiger partial charge in [-0.25, -0.2) is 0 Å². The van der Waals surface area contributed by atoms with Crippen LogP contribution in [0.25, 0.3) is 0 Å². The second-order valence-electron chi connectivity index (χ2n) is 7.14. The van der Waals surface area contributed by atoms with Crippen LogP contribution in [0, 0.1) is 11.3 Å². The SMILES string of the molecule is NC1CCC(C(=O)N2CCC3(CCCC3)CC2)CC1. The van der Waals surface area contributed by atoms with Crippen LogP contribution in [0.5, 0.6) is 0 Å². The standard InChI is InChI=1S/C16H28N2O/c17-14-5-3-13(4-6-14)15(19)18-11-9-16(10-12-18)7-1-2-8-16/h13-14H,1-12,17H2. The Morgan fingerprint density at radius 3 is 2.11 bits per heavy atom. The van der Waals surface area contributed by atoms with Crippen molar-refractivity contribution in [1.29, 1.82) is 0 Å². The minimum absolute atomic E-state index is 0.275. The molecular formula is C16H28N2O. The Labute approximate surface area is 116 Å². The molecule has 1 heterocycles. The van der Waals surface area contributed by atoms with Gasteiger partial charge in [0.05, 0.1) is 0 Å². The van der Waals surface area contributed by atoms with E-state index in [0.717, 1.165) is 38.8 Å². The summed E-state index contributed by atoms with van der Waals surface area (Å²) in [6.07, 6.45) is 12.3. The minimum Gasteiger partial charge on any atom is -0.342 e. The molecular weight excluding hydrogens is 236 g/mol. The average Bonchev–Trinajstić information content (AvgIpc) is 2.88. The van der Waals surface area contributed by atoms with Crippen molar-refractivity contribution in [3.05, 3.63) is 0 Å². The van der Waals surface area contributed by atoms with Gasteiger partial charge in [-0.1, -0.05) is 12.8 Å². The molecule has 0 aromatic rings. The van der Waals surface area contributed by atoms with Crippen molar-refractivity contribution in [2.75, 3.05) is 13.1 Å². The highest BCUT2D eigenvalue weighted by atomic mass is 16.2. The molecule has 19 heavy (non-hydrogen) atoms. The molecule has 0 bridgehead atoms. The van der Waals surface area contributed by atoms with E-state index in [1.807, 2.05) is 0 Å². The van der Waals surface area contributed by atoms with E-state index < -0.39 is 0 Å². The van der Waals surface area contributed by atoms with Crippen molar-refractivity contribution in [2.45, 2.75) is 70.3 Å². The summed E-state index contributed by atoms with van der Waals surface area (Å²) < 4.78 is 0. The lowest BCUT2D eigenvalue weighted by Crippen LogP contribution is -2.45. The van der Waals surface area contributed by atoms with Gasteiger partial charge in [0.2, 0.25) is 5.91 Å². The summed E-state index contributed by atoms with van der Waals surface area (Å²) in [5, 5.41) is 0. The molecule has 1 aliphatic heterocycles. The molecule has 0 radical (unpaired) electrons. The third-order valence-electron chi connectivity index (χ3n) is 5.92. The summed E-state index contributed by atoms with van der Waals surface area (Å²) in [6, 6.07) is 0.340. The fourth-order valence-electron chi connectivity index (χ4n) is 4.45. The Balaban J connectivity index is 1.52. The van der Waals surface area contributed by atoms with Crippen LogP contribution < -0.4 is 5.73 Å². The molecule has 3 nitrogen and oxygen atoms in total. The Hall–Kier alpha value is -0.570. The maximum absolute atomic E-state index is 12.5. The predicted octanol–water partition coefficient (Wildman–Crippen LogP) is 2.69. The molecule has 0 aromatic carbocycles. The minimum atomic E-state index is 0.275. The van der Waals surface area contributed by atoms with Crippen LogP contribution in [0.2, 0.25) is 0 Å². The van der Waals surface area contributed by atoms with Crippen LogP contribution in [-0.2, 0) is 4.79 Å². The molecule has 0 aromatic heterocycles. The maximum Gasteiger partial charge on any atom is 0.225 e. The van der Waals surface area contributed by atoms with Crippen molar-refractivity contribution in [3.8, 4) is 0 Å². The van der Waals surface area contributed by atoms with Crippen LogP contribution in [0.15, 0.2) is 0 Å². The number of hydrogen-bond donors (Lipinski definition) is 1. The molecule has 3 heteroatoms. The molecule has 2 N–H and O–H groups in total. The molecule has 2 saturated carbocycles. The van der Waals surface area contributed by atoms with Gasteiger partial charge in [0.1, 0.15) is 0 Å². The van der Waals surface area contributed by atoms with Crippen LogP contribution in [-0.4, -0.2) is 29.9 Å². The Morgan fingerprint density at radius 1 is 0.947 bits per heavy atom. The molecule has 2 aliphatic carbocycles. The summed E-state index contributed by atoms with van der Waals surface area (Å²) >= 11 is 0. The second-order valence-corrected chi connectivity index (χ2v) is 7.14. The van der Waals surface area contributed by atoms with Crippen LogP contribution in [0.3, 0.4) is 0 Å². The van der Waals surface area contributed by atoms with E-state index in [1.165, 1.54) is 38.5 Å². The fraction of sp³-hybridized carbons (Fsp3) is 0.938. The van der Waals surface area contributed by atoms with E-state index in [-0.39, 0.29) is 5.92 Å². The maximum atomic E-state index is 12.5. The molecule has 3 rings (SSSR count). The lowest BCUT2D eigenvalue weighted by molar-refractivity contribution is -0.139. The zero-order chi connectivity index (χ0) is 13.3. The largest absolute Gasteiger partial charge is 0.342 e. The van der Waals surface area contributed by atoms with Gasteiger partial charge in [-0.05, 0) is 56.8 Å². The lowest BCUT2D eigenvalue weighted by Gasteiger charge is -2.41. The van der Waals surface area contributed by atoms with E-state index in [9.17, 15) is 4.79 Å². The van der Waals surface area contributed by atoms with Gasteiger partial charge in [-0.15, -0.1) is 0 Å². The fourth-order valence-corrected chi connectivity index (χ4v) is 4.45. The molecule has 0 unspecified atom stereocenters. The smallest absolute Gasteiger partial charge is 0.225 e. The number of nitrogens with zero attached hydrogens (tertiary/aromatic N) is 1. The highest BCUT2D eigenvalue weighted by Gasteiger charge is 2.39. The van der Waals surface area contributed by atoms with Crippen molar-refractivity contribution < 1.29 is 4.79 Å². The number of nitrogens with two attached hydrogens (primary N) is 1. The molecule has 1 amide bonds. The molecule has 1 saturated heterocycles. The van der Waals surface area contributed by atoms with Crippen molar-refractivity contribution >= 4 is 5.91 Å². The Morgan fingerprint density at radius 2 is 1.53 bits per heavy atom. The Kier molecular flexibility index (Phi) is 3.84. The number of amides is 1. The summed E-state index contributed by atoms with van der Waals surface area (Å²) in [6.45, 7) is 2.03. The molecule has 1 spiro atoms. The van der Waals surface area contributed by atoms with Gasteiger partial charge in [-0.3, -0.25) is 4.79 Å². The monoisotopic (exact) mass is 264 g/mol. The summed E-state index contributed by atoms with van der Waals surface area (Å²) in [5.41, 5.74) is 6.55. The zero-order valence-corrected chi connectivity index (χ0v) is 12.1. The number of piperidine rings is 1. The Bertz CT molecular complexity index is 318. The van der Waals surface area contributed by atoms with Gasteiger partial charge in [0.15, 0.2) is 0 Å². The van der Waals surface area contributed by atoms with E-state index in [1.54, 1.807) is 0 Å². The quantitative estimate of drug-likeness (QED) is 0.791. The third kappa shape index (κ3) is 2.81. The molecule has 0 atom stereocenters. The highest BCUT2D eigenvalue weighted by Crippen LogP contribution is 2.46. The van der Waals surface area contributed by atoms with Crippen LogP contribution in [0.1, 0.15) is 64.2 Å². The van der Waals surface area contributed by atoms with Gasteiger partial charge in [-0.2, -0.15) is 0 Å². The second kappa shape index (κ2) is 5.43. The normalized spacial score (nSPS) is 34.7. The van der Waals surface area contributed by atoms with Crippen LogP contribution in [0.4, 0.5) is 0 Å². The highest BCUT2D eigenvalue weighted by molar-refractivity contribution is 5.79. The average molecular weight is 264 g/mol. The summed E-state index contributed by atoms with van der Waals surface area (Å²) in [7, 11) is 0. The summed E-state index contributed by atoms with van der Waals surface area (Å²) in [4.78, 5) is 14.7. The first kappa shape index (κ1) is 13.4. The third-order valence-corrected chi connectivity index (χ3v) is 5.92. The first-order valence-electron chi connectivity index (χ1n) is 8.23. The molecule has 108 valence electrons. The van der Waals surface area contributed by atoms with E-state index in [2.05, 4.69) is 4.90 Å². The van der Waals surface area contributed by atoms with Gasteiger partial charge in [0.25, 0.3) is 0 Å². The number of hydrogen-bond acceptors (Lipinski definition) is 2. The summed E-state index contributed by atoms with van der Waals surface area (Å²) in [5.74, 6) is 0.706. The number of likely N-dealkylation sites (tertiary alicyclic amines) is 1. The van der Waals surface area contributed by atoms with Gasteiger partial charge < -0.3 is 10.6 Å². The molecule has 3 fully saturated rings. The van der Waals surface area contributed by atoms with E-state index >= 15 is 0 Å². The molecule has 3 aliphatic rings. The van der Waals surface area contributed by atoms with Gasteiger partial charge in [0, 0.05) is 25.0 Å².